The number of halogens is 2. The van der Waals surface area contributed by atoms with Crippen molar-refractivity contribution < 1.29 is 27.0 Å². The highest BCUT2D eigenvalue weighted by molar-refractivity contribution is 9.10. The molecule has 52 heavy (non-hydrogen) atoms. The van der Waals surface area contributed by atoms with E-state index in [0.717, 1.165) is 55.9 Å². The van der Waals surface area contributed by atoms with Gasteiger partial charge in [0.05, 0.1) is 27.7 Å². The Morgan fingerprint density at radius 1 is 0.865 bits per heavy atom. The molecule has 1 unspecified atom stereocenters. The number of hydrogen-bond donors (Lipinski definition) is 5. The molecule has 0 radical (unpaired) electrons. The van der Waals surface area contributed by atoms with Crippen molar-refractivity contribution in [1.29, 1.82) is 0 Å². The zero-order valence-electron chi connectivity index (χ0n) is 29.6. The number of nitrogens with one attached hydrogen (secondary N) is 3. The Labute approximate surface area is 323 Å². The third-order valence-electron chi connectivity index (χ3n) is 8.21. The first-order chi connectivity index (χ1) is 24.7. The van der Waals surface area contributed by atoms with Crippen molar-refractivity contribution in [3.8, 4) is 0 Å². The molecule has 1 saturated carbocycles. The van der Waals surface area contributed by atoms with Gasteiger partial charge in [0, 0.05) is 55.5 Å². The highest BCUT2D eigenvalue weighted by Crippen LogP contribution is 2.36. The Kier molecular flexibility index (Phi) is 16.9. The number of carbonyl (C=O) groups is 3. The Hall–Kier alpha value is -3.15. The summed E-state index contributed by atoms with van der Waals surface area (Å²) >= 11 is 6.78. The summed E-state index contributed by atoms with van der Waals surface area (Å²) in [5.41, 5.74) is 11.3. The summed E-state index contributed by atoms with van der Waals surface area (Å²) in [5.74, 6) is -2.10. The predicted octanol–water partition coefficient (Wildman–Crippen LogP) is 6.31. The van der Waals surface area contributed by atoms with Gasteiger partial charge in [0.15, 0.2) is 9.84 Å². The summed E-state index contributed by atoms with van der Waals surface area (Å²) in [6, 6.07) is 7.96. The van der Waals surface area contributed by atoms with Gasteiger partial charge in [-0.3, -0.25) is 23.6 Å². The second kappa shape index (κ2) is 20.3. The van der Waals surface area contributed by atoms with Gasteiger partial charge in [-0.2, -0.15) is 0 Å². The van der Waals surface area contributed by atoms with Gasteiger partial charge in [0.2, 0.25) is 5.91 Å². The van der Waals surface area contributed by atoms with Crippen LogP contribution in [0.15, 0.2) is 78.0 Å². The van der Waals surface area contributed by atoms with E-state index < -0.39 is 36.9 Å². The fraction of sp³-hybridized carbons (Fsp3) is 0.417. The zero-order chi connectivity index (χ0) is 38.5. The highest BCUT2D eigenvalue weighted by atomic mass is 79.9. The maximum absolute atomic E-state index is 14.3. The number of anilines is 3. The van der Waals surface area contributed by atoms with Gasteiger partial charge < -0.3 is 27.4 Å². The smallest absolute Gasteiger partial charge is 0.274 e. The third kappa shape index (κ3) is 11.7. The Morgan fingerprint density at radius 3 is 2.08 bits per heavy atom. The number of rotatable bonds is 19. The van der Waals surface area contributed by atoms with E-state index >= 15 is 0 Å². The first-order valence-corrected chi connectivity index (χ1v) is 22.1. The molecule has 1 atom stereocenters. The molecule has 16 heteroatoms. The second-order valence-corrected chi connectivity index (χ2v) is 18.9. The molecular formula is C36H48Br2N6O6S2. The molecule has 3 rings (SSSR count). The monoisotopic (exact) mass is 882 g/mol. The number of amides is 3. The molecule has 0 spiro atoms. The summed E-state index contributed by atoms with van der Waals surface area (Å²) < 4.78 is 42.2. The molecule has 7 N–H and O–H groups in total. The minimum absolute atomic E-state index is 0.00964. The van der Waals surface area contributed by atoms with Crippen LogP contribution in [-0.2, 0) is 33.7 Å². The standard InChI is InChI=1S/C36H48Br2N6O6S2/c1-4-6-7-8-9-13-33(45)42-29-22-26(38)23-30(34(29)52(49,50)19-17-40)44-35(46)24(3)20-31(41-5-2)36(47)43-28-21-25(37)14-15-32(28)51(48,18-16-39)27-11-10-12-27/h5,14-15,20-23H,3-4,6-13,16-19,39-40H2,1-2H3,(H,42,45)(H,43,47)(H,44,46)/b31-20-,41-5?. The van der Waals surface area contributed by atoms with Gasteiger partial charge in [-0.1, -0.05) is 71.0 Å². The van der Waals surface area contributed by atoms with E-state index in [-0.39, 0.29) is 58.7 Å². The molecule has 284 valence electrons. The van der Waals surface area contributed by atoms with Crippen molar-refractivity contribution in [3.63, 3.8) is 0 Å². The molecule has 12 nitrogen and oxygen atoms in total. The molecule has 3 amide bonds. The Balaban J connectivity index is 1.94. The SMILES string of the molecule is C=C(/C=C(\N=CC)C(=O)Nc1cc(Br)ccc1S(=O)(CCN)=C1CCC1)C(=O)Nc1cc(Br)cc(NC(=O)CCCCCCC)c1S(=O)(=O)CCN. The molecule has 2 aromatic rings. The summed E-state index contributed by atoms with van der Waals surface area (Å²) in [5, 5.41) is 8.08. The fourth-order valence-corrected chi connectivity index (χ4v) is 10.6. The van der Waals surface area contributed by atoms with Crippen molar-refractivity contribution in [2.75, 3.05) is 40.5 Å². The van der Waals surface area contributed by atoms with E-state index in [4.69, 9.17) is 11.5 Å². The fourth-order valence-electron chi connectivity index (χ4n) is 5.51. The van der Waals surface area contributed by atoms with Crippen molar-refractivity contribution in [2.24, 2.45) is 16.5 Å². The lowest BCUT2D eigenvalue weighted by Gasteiger charge is -2.25. The van der Waals surface area contributed by atoms with Gasteiger partial charge in [-0.25, -0.2) is 8.42 Å². The molecule has 0 aliphatic heterocycles. The molecule has 1 aliphatic carbocycles. The van der Waals surface area contributed by atoms with Crippen LogP contribution in [-0.4, -0.2) is 66.0 Å². The summed E-state index contributed by atoms with van der Waals surface area (Å²) in [4.78, 5) is 45.3. The van der Waals surface area contributed by atoms with E-state index in [1.54, 1.807) is 25.1 Å². The minimum Gasteiger partial charge on any atom is -0.330 e. The Bertz CT molecular complexity index is 1960. The van der Waals surface area contributed by atoms with Crippen molar-refractivity contribution >= 4 is 97.1 Å². The average Bonchev–Trinajstić information content (AvgIpc) is 3.03. The largest absolute Gasteiger partial charge is 0.330 e. The second-order valence-electron chi connectivity index (χ2n) is 12.2. The van der Waals surface area contributed by atoms with Crippen LogP contribution in [0.2, 0.25) is 0 Å². The van der Waals surface area contributed by atoms with Crippen LogP contribution < -0.4 is 27.4 Å². The molecule has 0 heterocycles. The van der Waals surface area contributed by atoms with E-state index in [2.05, 4.69) is 66.3 Å². The summed E-state index contributed by atoms with van der Waals surface area (Å²) in [6.07, 6.45) is 9.76. The zero-order valence-corrected chi connectivity index (χ0v) is 34.4. The van der Waals surface area contributed by atoms with Crippen LogP contribution >= 0.6 is 31.9 Å². The lowest BCUT2D eigenvalue weighted by molar-refractivity contribution is -0.116. The van der Waals surface area contributed by atoms with Crippen LogP contribution in [0.3, 0.4) is 0 Å². The highest BCUT2D eigenvalue weighted by Gasteiger charge is 2.28. The van der Waals surface area contributed by atoms with Crippen molar-refractivity contribution in [2.45, 2.75) is 81.4 Å². The number of aliphatic imine (C=N–C) groups is 1. The van der Waals surface area contributed by atoms with E-state index in [9.17, 15) is 27.0 Å². The average molecular weight is 885 g/mol. The van der Waals surface area contributed by atoms with Crippen LogP contribution in [0.5, 0.6) is 0 Å². The summed E-state index contributed by atoms with van der Waals surface area (Å²) in [6.45, 7) is 7.51. The Morgan fingerprint density at radius 2 is 1.48 bits per heavy atom. The van der Waals surface area contributed by atoms with Crippen molar-refractivity contribution in [1.82, 2.24) is 0 Å². The van der Waals surface area contributed by atoms with Crippen LogP contribution in [0, 0.1) is 0 Å². The topological polar surface area (TPSA) is 203 Å². The van der Waals surface area contributed by atoms with E-state index in [0.29, 0.717) is 25.9 Å². The first kappa shape index (κ1) is 43.3. The van der Waals surface area contributed by atoms with E-state index in [1.165, 1.54) is 18.3 Å². The first-order valence-electron chi connectivity index (χ1n) is 17.1. The number of unbranched alkanes of at least 4 members (excludes halogenated alkanes) is 4. The number of carbonyl (C=O) groups excluding carboxylic acids is 3. The number of nitrogens with zero attached hydrogens (tertiary/aromatic N) is 1. The number of benzene rings is 2. The van der Waals surface area contributed by atoms with Gasteiger partial charge in [-0.15, -0.1) is 0 Å². The van der Waals surface area contributed by atoms with Crippen LogP contribution in [0.1, 0.15) is 71.6 Å². The molecule has 0 aromatic heterocycles. The van der Waals surface area contributed by atoms with Crippen LogP contribution in [0.4, 0.5) is 17.1 Å². The van der Waals surface area contributed by atoms with Crippen molar-refractivity contribution in [3.05, 3.63) is 63.2 Å². The maximum atomic E-state index is 14.3. The lowest BCUT2D eigenvalue weighted by atomic mass is 10.0. The number of hydrogen-bond acceptors (Lipinski definition) is 9. The number of nitrogens with two attached hydrogens (primary N) is 2. The lowest BCUT2D eigenvalue weighted by Crippen LogP contribution is -2.28. The number of sulfone groups is 1. The molecular weight excluding hydrogens is 836 g/mol. The molecule has 2 aromatic carbocycles. The predicted molar refractivity (Wildman–Crippen MR) is 219 cm³/mol. The van der Waals surface area contributed by atoms with Gasteiger partial charge in [-0.05, 0) is 73.9 Å². The van der Waals surface area contributed by atoms with Gasteiger partial charge >= 0.3 is 0 Å². The minimum atomic E-state index is -4.09. The van der Waals surface area contributed by atoms with Gasteiger partial charge in [0.1, 0.15) is 10.6 Å². The molecule has 1 aliphatic rings. The summed E-state index contributed by atoms with van der Waals surface area (Å²) in [7, 11) is -6.77. The molecule has 0 bridgehead atoms. The van der Waals surface area contributed by atoms with Crippen LogP contribution in [0.25, 0.3) is 0 Å². The normalized spacial score (nSPS) is 14.4. The quantitative estimate of drug-likeness (QED) is 0.0355. The molecule has 1 fully saturated rings. The van der Waals surface area contributed by atoms with E-state index in [1.807, 2.05) is 0 Å². The maximum Gasteiger partial charge on any atom is 0.274 e. The van der Waals surface area contributed by atoms with Gasteiger partial charge in [0.25, 0.3) is 11.8 Å². The third-order valence-corrected chi connectivity index (χ3v) is 14.2. The molecule has 0 saturated heterocycles.